The molecule has 3 unspecified atom stereocenters. The Morgan fingerprint density at radius 3 is 2.79 bits per heavy atom. The van der Waals surface area contributed by atoms with Gasteiger partial charge in [-0.3, -0.25) is 0 Å². The van der Waals surface area contributed by atoms with E-state index in [1.807, 2.05) is 7.05 Å². The van der Waals surface area contributed by atoms with Gasteiger partial charge in [0.2, 0.25) is 0 Å². The van der Waals surface area contributed by atoms with Crippen molar-refractivity contribution in [2.45, 2.75) is 57.1 Å². The van der Waals surface area contributed by atoms with Crippen molar-refractivity contribution in [2.24, 2.45) is 5.92 Å². The fraction of sp³-hybridized carbons (Fsp3) is 1.00. The third kappa shape index (κ3) is 5.04. The predicted octanol–water partition coefficient (Wildman–Crippen LogP) is 1.75. The van der Waals surface area contributed by atoms with E-state index in [1.54, 1.807) is 0 Å². The van der Waals surface area contributed by atoms with E-state index in [0.29, 0.717) is 29.6 Å². The molecular weight excluding hydrogens is 262 g/mol. The van der Waals surface area contributed by atoms with Gasteiger partial charge in [0, 0.05) is 12.6 Å². The Hall–Kier alpha value is -0.130. The number of nitrogens with one attached hydrogen (secondary N) is 1. The van der Waals surface area contributed by atoms with Crippen molar-refractivity contribution in [3.63, 3.8) is 0 Å². The van der Waals surface area contributed by atoms with Crippen LogP contribution in [0, 0.1) is 5.92 Å². The lowest BCUT2D eigenvalue weighted by atomic mass is 9.95. The Kier molecular flexibility index (Phi) is 5.66. The van der Waals surface area contributed by atoms with Crippen molar-refractivity contribution >= 4 is 9.84 Å². The van der Waals surface area contributed by atoms with Gasteiger partial charge in [-0.1, -0.05) is 0 Å². The van der Waals surface area contributed by atoms with Gasteiger partial charge in [-0.05, 0) is 57.9 Å². The second-order valence-electron chi connectivity index (χ2n) is 6.06. The molecule has 0 aromatic heterocycles. The zero-order valence-corrected chi connectivity index (χ0v) is 12.8. The molecule has 19 heavy (non-hydrogen) atoms. The molecule has 0 aliphatic carbocycles. The second-order valence-corrected chi connectivity index (χ2v) is 8.29. The van der Waals surface area contributed by atoms with Crippen LogP contribution < -0.4 is 5.32 Å². The average molecular weight is 289 g/mol. The lowest BCUT2D eigenvalue weighted by Gasteiger charge is -2.20. The first-order chi connectivity index (χ1) is 9.09. The van der Waals surface area contributed by atoms with Crippen molar-refractivity contribution in [3.8, 4) is 0 Å². The van der Waals surface area contributed by atoms with Crippen molar-refractivity contribution in [1.82, 2.24) is 5.32 Å². The molecule has 2 rings (SSSR count). The van der Waals surface area contributed by atoms with Crippen LogP contribution in [-0.4, -0.2) is 45.7 Å². The van der Waals surface area contributed by atoms with E-state index in [1.165, 1.54) is 19.3 Å². The van der Waals surface area contributed by atoms with Gasteiger partial charge >= 0.3 is 0 Å². The summed E-state index contributed by atoms with van der Waals surface area (Å²) in [6.07, 6.45) is 8.21. The van der Waals surface area contributed by atoms with E-state index in [2.05, 4.69) is 5.32 Å². The Morgan fingerprint density at radius 2 is 2.21 bits per heavy atom. The van der Waals surface area contributed by atoms with E-state index in [4.69, 9.17) is 4.74 Å². The highest BCUT2D eigenvalue weighted by molar-refractivity contribution is 7.91. The third-order valence-corrected chi connectivity index (χ3v) is 6.29. The third-order valence-electron chi connectivity index (χ3n) is 4.46. The number of hydrogen-bond acceptors (Lipinski definition) is 4. The molecule has 2 heterocycles. The Morgan fingerprint density at radius 1 is 1.37 bits per heavy atom. The molecule has 2 aliphatic heterocycles. The second kappa shape index (κ2) is 7.04. The molecule has 0 bridgehead atoms. The van der Waals surface area contributed by atoms with E-state index in [0.717, 1.165) is 32.3 Å². The van der Waals surface area contributed by atoms with Crippen LogP contribution in [0.1, 0.15) is 44.9 Å². The molecule has 4 nitrogen and oxygen atoms in total. The van der Waals surface area contributed by atoms with E-state index >= 15 is 0 Å². The highest BCUT2D eigenvalue weighted by Gasteiger charge is 2.29. The first kappa shape index (κ1) is 15.3. The Balaban J connectivity index is 1.65. The minimum Gasteiger partial charge on any atom is -0.378 e. The van der Waals surface area contributed by atoms with Gasteiger partial charge in [0.1, 0.15) is 0 Å². The maximum absolute atomic E-state index is 11.5. The normalized spacial score (nSPS) is 31.6. The molecule has 5 heteroatoms. The Bertz CT molecular complexity index is 363. The number of rotatable bonds is 7. The number of hydrogen-bond donors (Lipinski definition) is 1. The maximum Gasteiger partial charge on any atom is 0.150 e. The van der Waals surface area contributed by atoms with Crippen LogP contribution in [0.2, 0.25) is 0 Å². The van der Waals surface area contributed by atoms with Crippen molar-refractivity contribution < 1.29 is 13.2 Å². The fourth-order valence-electron chi connectivity index (χ4n) is 3.30. The van der Waals surface area contributed by atoms with Crippen LogP contribution in [0.4, 0.5) is 0 Å². The summed E-state index contributed by atoms with van der Waals surface area (Å²) in [6, 6.07) is 0.458. The first-order valence-electron chi connectivity index (χ1n) is 7.58. The molecular formula is C14H27NO3S. The van der Waals surface area contributed by atoms with Crippen LogP contribution in [0.15, 0.2) is 0 Å². The molecule has 0 radical (unpaired) electrons. The van der Waals surface area contributed by atoms with Gasteiger partial charge in [-0.25, -0.2) is 8.42 Å². The van der Waals surface area contributed by atoms with Crippen LogP contribution in [0.5, 0.6) is 0 Å². The molecule has 2 saturated heterocycles. The number of ether oxygens (including phenoxy) is 1. The summed E-state index contributed by atoms with van der Waals surface area (Å²) >= 11 is 0. The number of sulfone groups is 1. The van der Waals surface area contributed by atoms with Crippen LogP contribution in [0.3, 0.4) is 0 Å². The summed E-state index contributed by atoms with van der Waals surface area (Å²) < 4.78 is 28.6. The first-order valence-corrected chi connectivity index (χ1v) is 9.40. The molecule has 3 atom stereocenters. The van der Waals surface area contributed by atoms with E-state index in [9.17, 15) is 8.42 Å². The smallest absolute Gasteiger partial charge is 0.150 e. The summed E-state index contributed by atoms with van der Waals surface area (Å²) in [4.78, 5) is 0. The maximum atomic E-state index is 11.5. The van der Waals surface area contributed by atoms with Gasteiger partial charge in [0.25, 0.3) is 0 Å². The fourth-order valence-corrected chi connectivity index (χ4v) is 5.18. The lowest BCUT2D eigenvalue weighted by molar-refractivity contribution is 0.101. The van der Waals surface area contributed by atoms with Gasteiger partial charge in [0.15, 0.2) is 9.84 Å². The monoisotopic (exact) mass is 289 g/mol. The molecule has 0 saturated carbocycles. The molecule has 2 fully saturated rings. The highest BCUT2D eigenvalue weighted by Crippen LogP contribution is 2.25. The molecule has 0 amide bonds. The minimum atomic E-state index is -2.73. The summed E-state index contributed by atoms with van der Waals surface area (Å²) in [5.41, 5.74) is 0. The highest BCUT2D eigenvalue weighted by atomic mass is 32.2. The minimum absolute atomic E-state index is 0.366. The largest absolute Gasteiger partial charge is 0.378 e. The van der Waals surface area contributed by atoms with E-state index in [-0.39, 0.29) is 0 Å². The summed E-state index contributed by atoms with van der Waals surface area (Å²) in [6.45, 7) is 0.931. The summed E-state index contributed by atoms with van der Waals surface area (Å²) in [5, 5.41) is 3.35. The quantitative estimate of drug-likeness (QED) is 0.776. The zero-order chi connectivity index (χ0) is 13.7. The Labute approximate surface area is 117 Å². The summed E-state index contributed by atoms with van der Waals surface area (Å²) in [5.74, 6) is 1.16. The molecule has 0 aromatic rings. The van der Waals surface area contributed by atoms with Crippen molar-refractivity contribution in [2.75, 3.05) is 25.2 Å². The van der Waals surface area contributed by atoms with Gasteiger partial charge in [-0.2, -0.15) is 0 Å². The molecule has 112 valence electrons. The topological polar surface area (TPSA) is 55.4 Å². The molecule has 2 aliphatic rings. The van der Waals surface area contributed by atoms with Crippen LogP contribution in [-0.2, 0) is 14.6 Å². The molecule has 0 aromatic carbocycles. The SMILES string of the molecule is CNC(CCCC1CCCO1)CC1CCS(=O)(=O)C1. The van der Waals surface area contributed by atoms with Gasteiger partial charge < -0.3 is 10.1 Å². The van der Waals surface area contributed by atoms with Crippen LogP contribution in [0.25, 0.3) is 0 Å². The standard InChI is InChI=1S/C14H27NO3S/c1-15-13(4-2-5-14-6-3-8-18-14)10-12-7-9-19(16,17)11-12/h12-15H,2-11H2,1H3. The molecule has 0 spiro atoms. The van der Waals surface area contributed by atoms with Gasteiger partial charge in [0.05, 0.1) is 17.6 Å². The molecule has 1 N–H and O–H groups in total. The predicted molar refractivity (Wildman–Crippen MR) is 77.1 cm³/mol. The lowest BCUT2D eigenvalue weighted by Crippen LogP contribution is -2.28. The van der Waals surface area contributed by atoms with Crippen molar-refractivity contribution in [3.05, 3.63) is 0 Å². The van der Waals surface area contributed by atoms with Crippen LogP contribution >= 0.6 is 0 Å². The van der Waals surface area contributed by atoms with Crippen molar-refractivity contribution in [1.29, 1.82) is 0 Å². The van der Waals surface area contributed by atoms with E-state index < -0.39 is 9.84 Å². The summed E-state index contributed by atoms with van der Waals surface area (Å²) in [7, 11) is -0.744. The average Bonchev–Trinajstić information content (AvgIpc) is 2.98. The zero-order valence-electron chi connectivity index (χ0n) is 11.9. The van der Waals surface area contributed by atoms with Gasteiger partial charge in [-0.15, -0.1) is 0 Å².